The number of hydrogen-bond donors (Lipinski definition) is 3. The molecule has 0 bridgehead atoms. The lowest BCUT2D eigenvalue weighted by Gasteiger charge is -2.10. The molecule has 8 heteroatoms. The predicted octanol–water partition coefficient (Wildman–Crippen LogP) is 6.44. The highest BCUT2D eigenvalue weighted by atomic mass is 19.1. The Balaban J connectivity index is 1.42. The molecule has 0 radical (unpaired) electrons. The SMILES string of the molecule is CC(C)CNc1cncc(-c2ccc3[nH]nc(-c4nc5c(-c6ccccc6F)cncc5[nH]4)c3c2)c1. The molecule has 4 heterocycles. The average molecular weight is 478 g/mol. The monoisotopic (exact) mass is 477 g/mol. The van der Waals surface area contributed by atoms with Gasteiger partial charge in [0.05, 0.1) is 22.9 Å². The second-order valence-electron chi connectivity index (χ2n) is 9.22. The van der Waals surface area contributed by atoms with Crippen molar-refractivity contribution in [1.29, 1.82) is 0 Å². The van der Waals surface area contributed by atoms with E-state index in [1.807, 2.05) is 24.5 Å². The van der Waals surface area contributed by atoms with Gasteiger partial charge in [0.2, 0.25) is 0 Å². The molecular formula is C28H24FN7. The van der Waals surface area contributed by atoms with Gasteiger partial charge in [-0.3, -0.25) is 15.1 Å². The minimum absolute atomic E-state index is 0.315. The third-order valence-electron chi connectivity index (χ3n) is 6.13. The molecule has 0 fully saturated rings. The molecule has 36 heavy (non-hydrogen) atoms. The first-order valence-electron chi connectivity index (χ1n) is 11.8. The highest BCUT2D eigenvalue weighted by Crippen LogP contribution is 2.33. The van der Waals surface area contributed by atoms with Crippen molar-refractivity contribution in [2.45, 2.75) is 13.8 Å². The van der Waals surface area contributed by atoms with Gasteiger partial charge in [-0.25, -0.2) is 9.37 Å². The van der Waals surface area contributed by atoms with E-state index < -0.39 is 0 Å². The molecule has 0 spiro atoms. The largest absolute Gasteiger partial charge is 0.384 e. The third-order valence-corrected chi connectivity index (χ3v) is 6.13. The summed E-state index contributed by atoms with van der Waals surface area (Å²) in [6.07, 6.45) is 7.02. The van der Waals surface area contributed by atoms with Crippen molar-refractivity contribution in [1.82, 2.24) is 30.1 Å². The Morgan fingerprint density at radius 2 is 1.75 bits per heavy atom. The molecule has 7 nitrogen and oxygen atoms in total. The van der Waals surface area contributed by atoms with E-state index in [2.05, 4.69) is 56.4 Å². The van der Waals surface area contributed by atoms with Crippen molar-refractivity contribution in [3.8, 4) is 33.8 Å². The number of nitrogens with zero attached hydrogens (tertiary/aromatic N) is 4. The van der Waals surface area contributed by atoms with Gasteiger partial charge in [-0.1, -0.05) is 38.1 Å². The summed E-state index contributed by atoms with van der Waals surface area (Å²) in [5.74, 6) is 0.811. The van der Waals surface area contributed by atoms with E-state index in [4.69, 9.17) is 4.98 Å². The second kappa shape index (κ2) is 8.88. The van der Waals surface area contributed by atoms with Gasteiger partial charge in [-0.05, 0) is 35.7 Å². The van der Waals surface area contributed by atoms with E-state index in [9.17, 15) is 4.39 Å². The maximum absolute atomic E-state index is 14.5. The number of halogens is 1. The average Bonchev–Trinajstić information content (AvgIpc) is 3.51. The highest BCUT2D eigenvalue weighted by molar-refractivity contribution is 5.98. The van der Waals surface area contributed by atoms with Gasteiger partial charge in [0, 0.05) is 47.2 Å². The van der Waals surface area contributed by atoms with Gasteiger partial charge in [-0.2, -0.15) is 5.10 Å². The van der Waals surface area contributed by atoms with E-state index >= 15 is 0 Å². The lowest BCUT2D eigenvalue weighted by atomic mass is 10.0. The molecule has 6 rings (SSSR count). The van der Waals surface area contributed by atoms with Crippen molar-refractivity contribution in [2.24, 2.45) is 5.92 Å². The molecule has 0 aliphatic heterocycles. The Bertz CT molecular complexity index is 1700. The Morgan fingerprint density at radius 1 is 0.889 bits per heavy atom. The maximum atomic E-state index is 14.5. The fourth-order valence-corrected chi connectivity index (χ4v) is 4.31. The summed E-state index contributed by atoms with van der Waals surface area (Å²) < 4.78 is 14.5. The van der Waals surface area contributed by atoms with Crippen molar-refractivity contribution in [3.05, 3.63) is 79.1 Å². The van der Waals surface area contributed by atoms with Crippen LogP contribution in [0.15, 0.2) is 73.3 Å². The third kappa shape index (κ3) is 3.96. The van der Waals surface area contributed by atoms with Crippen molar-refractivity contribution < 1.29 is 4.39 Å². The molecule has 0 aliphatic rings. The van der Waals surface area contributed by atoms with E-state index in [-0.39, 0.29) is 5.82 Å². The Hall–Kier alpha value is -4.59. The molecule has 6 aromatic rings. The molecule has 0 saturated carbocycles. The van der Waals surface area contributed by atoms with E-state index in [0.29, 0.717) is 39.6 Å². The van der Waals surface area contributed by atoms with Gasteiger partial charge in [0.25, 0.3) is 0 Å². The minimum atomic E-state index is -0.315. The number of pyridine rings is 2. The van der Waals surface area contributed by atoms with Crippen molar-refractivity contribution >= 4 is 27.6 Å². The summed E-state index contributed by atoms with van der Waals surface area (Å²) in [6, 6.07) is 14.9. The summed E-state index contributed by atoms with van der Waals surface area (Å²) >= 11 is 0. The molecule has 0 saturated heterocycles. The zero-order valence-electron chi connectivity index (χ0n) is 19.9. The van der Waals surface area contributed by atoms with Gasteiger partial charge in [0.1, 0.15) is 17.0 Å². The van der Waals surface area contributed by atoms with Crippen molar-refractivity contribution in [3.63, 3.8) is 0 Å². The number of H-pyrrole nitrogens is 2. The van der Waals surface area contributed by atoms with Crippen LogP contribution in [0.4, 0.5) is 10.1 Å². The molecule has 2 aromatic carbocycles. The fourth-order valence-electron chi connectivity index (χ4n) is 4.31. The van der Waals surface area contributed by atoms with E-state index in [1.165, 1.54) is 6.07 Å². The molecule has 0 amide bonds. The molecule has 4 aromatic heterocycles. The van der Waals surface area contributed by atoms with Crippen LogP contribution >= 0.6 is 0 Å². The fraction of sp³-hybridized carbons (Fsp3) is 0.143. The number of anilines is 1. The van der Waals surface area contributed by atoms with Gasteiger partial charge >= 0.3 is 0 Å². The van der Waals surface area contributed by atoms with Crippen LogP contribution in [0.25, 0.3) is 55.7 Å². The normalized spacial score (nSPS) is 11.6. The van der Waals surface area contributed by atoms with E-state index in [0.717, 1.165) is 34.3 Å². The summed E-state index contributed by atoms with van der Waals surface area (Å²) in [5.41, 5.74) is 7.04. The molecular weight excluding hydrogens is 453 g/mol. The van der Waals surface area contributed by atoms with E-state index in [1.54, 1.807) is 30.6 Å². The lowest BCUT2D eigenvalue weighted by Crippen LogP contribution is -2.08. The number of benzene rings is 2. The highest BCUT2D eigenvalue weighted by Gasteiger charge is 2.17. The number of hydrogen-bond acceptors (Lipinski definition) is 5. The standard InChI is InChI=1S/C28H24FN7/c1-16(2)11-32-19-9-18(12-30-13-19)17-7-8-24-21(10-17)27(36-35-24)28-33-25-15-31-14-22(26(25)34-28)20-5-3-4-6-23(20)29/h3-10,12-16,32H,11H2,1-2H3,(H,33,34)(H,35,36). The first-order chi connectivity index (χ1) is 17.6. The summed E-state index contributed by atoms with van der Waals surface area (Å²) in [5, 5.41) is 12.0. The zero-order valence-corrected chi connectivity index (χ0v) is 19.9. The minimum Gasteiger partial charge on any atom is -0.384 e. The number of nitrogens with one attached hydrogen (secondary N) is 3. The molecule has 178 valence electrons. The van der Waals surface area contributed by atoms with Gasteiger partial charge in [-0.15, -0.1) is 0 Å². The topological polar surface area (TPSA) is 95.2 Å². The predicted molar refractivity (Wildman–Crippen MR) is 141 cm³/mol. The Kier molecular flexibility index (Phi) is 5.41. The lowest BCUT2D eigenvalue weighted by molar-refractivity contribution is 0.631. The van der Waals surface area contributed by atoms with Gasteiger partial charge < -0.3 is 10.3 Å². The number of imidazole rings is 1. The number of fused-ring (bicyclic) bond motifs is 2. The zero-order chi connectivity index (χ0) is 24.6. The van der Waals surface area contributed by atoms with Crippen LogP contribution in [0.2, 0.25) is 0 Å². The van der Waals surface area contributed by atoms with Crippen LogP contribution in [0, 0.1) is 11.7 Å². The van der Waals surface area contributed by atoms with Crippen LogP contribution in [0.1, 0.15) is 13.8 Å². The maximum Gasteiger partial charge on any atom is 0.159 e. The number of rotatable bonds is 6. The van der Waals surface area contributed by atoms with Crippen LogP contribution in [0.5, 0.6) is 0 Å². The molecule has 0 aliphatic carbocycles. The summed E-state index contributed by atoms with van der Waals surface area (Å²) in [7, 11) is 0. The number of aromatic nitrogens is 6. The molecule has 0 atom stereocenters. The van der Waals surface area contributed by atoms with Crippen LogP contribution in [-0.2, 0) is 0 Å². The summed E-state index contributed by atoms with van der Waals surface area (Å²) in [4.78, 5) is 16.8. The Morgan fingerprint density at radius 3 is 2.61 bits per heavy atom. The van der Waals surface area contributed by atoms with Crippen LogP contribution in [-0.4, -0.2) is 36.7 Å². The molecule has 0 unspecified atom stereocenters. The number of aromatic amines is 2. The second-order valence-corrected chi connectivity index (χ2v) is 9.22. The quantitative estimate of drug-likeness (QED) is 0.257. The smallest absolute Gasteiger partial charge is 0.159 e. The van der Waals surface area contributed by atoms with Crippen molar-refractivity contribution in [2.75, 3.05) is 11.9 Å². The summed E-state index contributed by atoms with van der Waals surface area (Å²) in [6.45, 7) is 5.23. The Labute approximate surface area is 206 Å². The van der Waals surface area contributed by atoms with Gasteiger partial charge in [0.15, 0.2) is 5.82 Å². The first-order valence-corrected chi connectivity index (χ1v) is 11.8. The molecule has 3 N–H and O–H groups in total. The van der Waals surface area contributed by atoms with Crippen LogP contribution < -0.4 is 5.32 Å². The van der Waals surface area contributed by atoms with Crippen LogP contribution in [0.3, 0.4) is 0 Å². The first kappa shape index (κ1) is 21.9.